The van der Waals surface area contributed by atoms with E-state index in [0.29, 0.717) is 12.5 Å². The molecule has 0 spiro atoms. The van der Waals surface area contributed by atoms with Crippen LogP contribution in [0.2, 0.25) is 0 Å². The molecule has 1 aliphatic carbocycles. The molecule has 0 fully saturated rings. The maximum Gasteiger partial charge on any atom is 0.214 e. The summed E-state index contributed by atoms with van der Waals surface area (Å²) in [5.74, 6) is 0.680. The molecule has 0 radical (unpaired) electrons. The van der Waals surface area contributed by atoms with Gasteiger partial charge in [0.2, 0.25) is 5.88 Å². The van der Waals surface area contributed by atoms with Crippen molar-refractivity contribution in [1.82, 2.24) is 15.0 Å². The number of thiazole rings is 1. The molecular weight excluding hydrogens is 306 g/mol. The quantitative estimate of drug-likeness (QED) is 0.726. The average molecular weight is 323 g/mol. The van der Waals surface area contributed by atoms with Gasteiger partial charge in [0.1, 0.15) is 11.6 Å². The second-order valence-corrected chi connectivity index (χ2v) is 6.58. The van der Waals surface area contributed by atoms with E-state index in [4.69, 9.17) is 9.72 Å². The maximum absolute atomic E-state index is 5.90. The lowest BCUT2D eigenvalue weighted by atomic mass is 9.90. The van der Waals surface area contributed by atoms with E-state index in [1.54, 1.807) is 23.7 Å². The summed E-state index contributed by atoms with van der Waals surface area (Å²) in [6.45, 7) is 0.468. The van der Waals surface area contributed by atoms with E-state index in [1.165, 1.54) is 29.7 Å². The van der Waals surface area contributed by atoms with Crippen LogP contribution in [0.5, 0.6) is 5.88 Å². The van der Waals surface area contributed by atoms with Crippen LogP contribution >= 0.6 is 11.3 Å². The molecule has 1 aliphatic rings. The third kappa shape index (κ3) is 3.10. The van der Waals surface area contributed by atoms with Gasteiger partial charge in [-0.3, -0.25) is 4.98 Å². The molecule has 0 saturated heterocycles. The highest BCUT2D eigenvalue weighted by atomic mass is 32.1. The van der Waals surface area contributed by atoms with Crippen LogP contribution in [0.3, 0.4) is 0 Å². The third-order valence-corrected chi connectivity index (χ3v) is 4.83. The molecular formula is C18H17N3OS. The molecule has 0 amide bonds. The molecule has 0 unspecified atom stereocenters. The van der Waals surface area contributed by atoms with E-state index in [0.717, 1.165) is 23.4 Å². The molecule has 5 heteroatoms. The first kappa shape index (κ1) is 14.3. The Morgan fingerprint density at radius 3 is 2.96 bits per heavy atom. The number of rotatable bonds is 4. The number of nitrogens with zero attached hydrogens (tertiary/aromatic N) is 3. The van der Waals surface area contributed by atoms with Gasteiger partial charge in [-0.25, -0.2) is 9.97 Å². The lowest BCUT2D eigenvalue weighted by Gasteiger charge is -2.20. The zero-order valence-corrected chi connectivity index (χ0v) is 13.6. The number of ether oxygens (including phenoxy) is 1. The van der Waals surface area contributed by atoms with E-state index in [-0.39, 0.29) is 0 Å². The molecule has 0 aliphatic heterocycles. The Morgan fingerprint density at radius 2 is 2.13 bits per heavy atom. The monoisotopic (exact) mass is 323 g/mol. The van der Waals surface area contributed by atoms with Crippen molar-refractivity contribution >= 4 is 11.3 Å². The Labute approximate surface area is 139 Å². The fraction of sp³-hybridized carbons (Fsp3) is 0.278. The van der Waals surface area contributed by atoms with E-state index in [1.807, 2.05) is 17.6 Å². The fourth-order valence-corrected chi connectivity index (χ4v) is 3.52. The Hall–Kier alpha value is -2.27. The van der Waals surface area contributed by atoms with Gasteiger partial charge >= 0.3 is 0 Å². The number of fused-ring (bicyclic) bond motifs is 1. The zero-order valence-electron chi connectivity index (χ0n) is 12.7. The van der Waals surface area contributed by atoms with Gasteiger partial charge in [-0.15, -0.1) is 11.3 Å². The van der Waals surface area contributed by atoms with Crippen molar-refractivity contribution in [3.05, 3.63) is 58.4 Å². The summed E-state index contributed by atoms with van der Waals surface area (Å²) in [6.07, 6.45) is 10.0. The second kappa shape index (κ2) is 6.46. The van der Waals surface area contributed by atoms with Crippen LogP contribution in [0.25, 0.3) is 11.1 Å². The van der Waals surface area contributed by atoms with Crippen LogP contribution in [-0.4, -0.2) is 15.0 Å². The molecule has 23 heavy (non-hydrogen) atoms. The van der Waals surface area contributed by atoms with Crippen LogP contribution in [0, 0.1) is 0 Å². The molecule has 116 valence electrons. The summed E-state index contributed by atoms with van der Waals surface area (Å²) < 4.78 is 5.90. The highest BCUT2D eigenvalue weighted by Gasteiger charge is 2.18. The van der Waals surface area contributed by atoms with Gasteiger partial charge in [-0.2, -0.15) is 0 Å². The normalized spacial score (nSPS) is 13.6. The molecule has 3 heterocycles. The average Bonchev–Trinajstić information content (AvgIpc) is 3.13. The minimum atomic E-state index is 0.468. The molecule has 0 atom stereocenters. The van der Waals surface area contributed by atoms with Crippen LogP contribution < -0.4 is 4.74 Å². The Balaban J connectivity index is 1.70. The van der Waals surface area contributed by atoms with Gasteiger partial charge in [0.15, 0.2) is 0 Å². The number of aryl methyl sites for hydroxylation is 1. The van der Waals surface area contributed by atoms with Crippen molar-refractivity contribution in [1.29, 1.82) is 0 Å². The lowest BCUT2D eigenvalue weighted by Crippen LogP contribution is -2.09. The SMILES string of the molecule is c1cncc(-c2cc(OCc3nccs3)nc3c2CCCC3)c1. The summed E-state index contributed by atoms with van der Waals surface area (Å²) in [7, 11) is 0. The second-order valence-electron chi connectivity index (χ2n) is 5.60. The van der Waals surface area contributed by atoms with Crippen molar-refractivity contribution in [2.75, 3.05) is 0 Å². The summed E-state index contributed by atoms with van der Waals surface area (Å²) in [5, 5.41) is 2.92. The van der Waals surface area contributed by atoms with Crippen molar-refractivity contribution in [2.24, 2.45) is 0 Å². The minimum absolute atomic E-state index is 0.468. The summed E-state index contributed by atoms with van der Waals surface area (Å²) in [6, 6.07) is 6.12. The highest BCUT2D eigenvalue weighted by Crippen LogP contribution is 2.33. The molecule has 4 nitrogen and oxygen atoms in total. The van der Waals surface area contributed by atoms with E-state index in [2.05, 4.69) is 22.1 Å². The van der Waals surface area contributed by atoms with Crippen LogP contribution in [-0.2, 0) is 19.4 Å². The van der Waals surface area contributed by atoms with E-state index in [9.17, 15) is 0 Å². The first-order valence-corrected chi connectivity index (χ1v) is 8.72. The molecule has 3 aromatic rings. The zero-order chi connectivity index (χ0) is 15.5. The number of hydrogen-bond donors (Lipinski definition) is 0. The smallest absolute Gasteiger partial charge is 0.214 e. The molecule has 0 aromatic carbocycles. The van der Waals surface area contributed by atoms with E-state index < -0.39 is 0 Å². The standard InChI is InChI=1S/C18H17N3OS/c1-2-6-16-14(5-1)15(13-4-3-7-19-11-13)10-17(21-16)22-12-18-20-8-9-23-18/h3-4,7-11H,1-2,5-6,12H2. The third-order valence-electron chi connectivity index (χ3n) is 4.08. The minimum Gasteiger partial charge on any atom is -0.470 e. The largest absolute Gasteiger partial charge is 0.470 e. The van der Waals surface area contributed by atoms with Crippen LogP contribution in [0.1, 0.15) is 29.1 Å². The first-order chi connectivity index (χ1) is 11.4. The maximum atomic E-state index is 5.90. The van der Waals surface area contributed by atoms with E-state index >= 15 is 0 Å². The van der Waals surface area contributed by atoms with Crippen molar-refractivity contribution in [3.8, 4) is 17.0 Å². The Morgan fingerprint density at radius 1 is 1.17 bits per heavy atom. The van der Waals surface area contributed by atoms with Gasteiger partial charge < -0.3 is 4.74 Å². The summed E-state index contributed by atoms with van der Waals surface area (Å²) in [4.78, 5) is 13.2. The van der Waals surface area contributed by atoms with Crippen molar-refractivity contribution in [3.63, 3.8) is 0 Å². The Kier molecular flexibility index (Phi) is 4.03. The van der Waals surface area contributed by atoms with Gasteiger partial charge in [0.05, 0.1) is 0 Å². The fourth-order valence-electron chi connectivity index (χ4n) is 2.99. The molecule has 4 rings (SSSR count). The Bertz CT molecular complexity index is 788. The lowest BCUT2D eigenvalue weighted by molar-refractivity contribution is 0.292. The van der Waals surface area contributed by atoms with Crippen molar-refractivity contribution < 1.29 is 4.74 Å². The number of pyridine rings is 2. The summed E-state index contributed by atoms with van der Waals surface area (Å²) in [5.41, 5.74) is 4.86. The number of hydrogen-bond acceptors (Lipinski definition) is 5. The molecule has 0 saturated carbocycles. The van der Waals surface area contributed by atoms with Crippen molar-refractivity contribution in [2.45, 2.75) is 32.3 Å². The first-order valence-electron chi connectivity index (χ1n) is 7.84. The summed E-state index contributed by atoms with van der Waals surface area (Å²) >= 11 is 1.60. The predicted octanol–water partition coefficient (Wildman–Crippen LogP) is 4.06. The predicted molar refractivity (Wildman–Crippen MR) is 90.6 cm³/mol. The van der Waals surface area contributed by atoms with Gasteiger partial charge in [0, 0.05) is 41.3 Å². The van der Waals surface area contributed by atoms with Crippen LogP contribution in [0.4, 0.5) is 0 Å². The number of aromatic nitrogens is 3. The van der Waals surface area contributed by atoms with Crippen LogP contribution in [0.15, 0.2) is 42.2 Å². The highest BCUT2D eigenvalue weighted by molar-refractivity contribution is 7.09. The molecule has 0 N–H and O–H groups in total. The molecule has 0 bridgehead atoms. The molecule has 3 aromatic heterocycles. The van der Waals surface area contributed by atoms with Gasteiger partial charge in [0.25, 0.3) is 0 Å². The van der Waals surface area contributed by atoms with Gasteiger partial charge in [-0.05, 0) is 42.9 Å². The topological polar surface area (TPSA) is 47.9 Å². The van der Waals surface area contributed by atoms with Gasteiger partial charge in [-0.1, -0.05) is 6.07 Å².